The van der Waals surface area contributed by atoms with Gasteiger partial charge in [-0.25, -0.2) is 4.79 Å². The van der Waals surface area contributed by atoms with Crippen LogP contribution in [0.5, 0.6) is 11.5 Å². The SMILES string of the molecule is CCOC(=O)COc1ccc(/C=C(/C#N)C(=O)NCc2ccc(OC)cc2)cc1Br. The maximum atomic E-state index is 12.4. The van der Waals surface area contributed by atoms with Crippen molar-refractivity contribution in [3.05, 3.63) is 63.6 Å². The fourth-order valence-corrected chi connectivity index (χ4v) is 2.91. The van der Waals surface area contributed by atoms with Crippen molar-refractivity contribution in [1.82, 2.24) is 5.32 Å². The van der Waals surface area contributed by atoms with E-state index in [0.717, 1.165) is 11.3 Å². The molecule has 0 heterocycles. The normalized spacial score (nSPS) is 10.7. The first-order chi connectivity index (χ1) is 14.5. The van der Waals surface area contributed by atoms with Gasteiger partial charge >= 0.3 is 5.97 Å². The lowest BCUT2D eigenvalue weighted by Gasteiger charge is -2.09. The van der Waals surface area contributed by atoms with Crippen molar-refractivity contribution in [2.45, 2.75) is 13.5 Å². The summed E-state index contributed by atoms with van der Waals surface area (Å²) in [5.74, 6) is 0.228. The molecule has 7 nitrogen and oxygen atoms in total. The van der Waals surface area contributed by atoms with E-state index in [1.807, 2.05) is 18.2 Å². The fourth-order valence-electron chi connectivity index (χ4n) is 2.40. The Balaban J connectivity index is 2.01. The Kier molecular flexibility index (Phi) is 8.91. The molecule has 0 aliphatic heterocycles. The molecule has 2 aromatic carbocycles. The third-order valence-electron chi connectivity index (χ3n) is 3.89. The molecular weight excluding hydrogens is 452 g/mol. The molecule has 2 rings (SSSR count). The van der Waals surface area contributed by atoms with Gasteiger partial charge < -0.3 is 19.5 Å². The molecule has 0 aliphatic carbocycles. The number of hydrogen-bond donors (Lipinski definition) is 1. The van der Waals surface area contributed by atoms with Gasteiger partial charge in [0.05, 0.1) is 18.2 Å². The van der Waals surface area contributed by atoms with E-state index in [0.29, 0.717) is 15.8 Å². The number of nitriles is 1. The largest absolute Gasteiger partial charge is 0.497 e. The molecule has 1 amide bonds. The molecule has 30 heavy (non-hydrogen) atoms. The van der Waals surface area contributed by atoms with Crippen LogP contribution in [0.1, 0.15) is 18.1 Å². The van der Waals surface area contributed by atoms with E-state index >= 15 is 0 Å². The summed E-state index contributed by atoms with van der Waals surface area (Å²) in [6, 6.07) is 14.2. The van der Waals surface area contributed by atoms with Crippen molar-refractivity contribution in [2.75, 3.05) is 20.3 Å². The highest BCUT2D eigenvalue weighted by molar-refractivity contribution is 9.10. The number of nitrogens with one attached hydrogen (secondary N) is 1. The third kappa shape index (κ3) is 6.94. The van der Waals surface area contributed by atoms with Gasteiger partial charge in [-0.15, -0.1) is 0 Å². The zero-order chi connectivity index (χ0) is 21.9. The molecule has 0 unspecified atom stereocenters. The summed E-state index contributed by atoms with van der Waals surface area (Å²) >= 11 is 3.36. The quantitative estimate of drug-likeness (QED) is 0.340. The molecule has 0 atom stereocenters. The van der Waals surface area contributed by atoms with E-state index in [2.05, 4.69) is 21.2 Å². The van der Waals surface area contributed by atoms with Gasteiger partial charge in [0.15, 0.2) is 6.61 Å². The number of halogens is 1. The van der Waals surface area contributed by atoms with Gasteiger partial charge in [-0.3, -0.25) is 4.79 Å². The van der Waals surface area contributed by atoms with Crippen LogP contribution in [0.3, 0.4) is 0 Å². The number of ether oxygens (including phenoxy) is 3. The molecule has 0 aromatic heterocycles. The minimum Gasteiger partial charge on any atom is -0.497 e. The fraction of sp³-hybridized carbons (Fsp3) is 0.227. The average molecular weight is 473 g/mol. The van der Waals surface area contributed by atoms with Crippen LogP contribution in [-0.4, -0.2) is 32.2 Å². The predicted octanol–water partition coefficient (Wildman–Crippen LogP) is 3.62. The first-order valence-corrected chi connectivity index (χ1v) is 9.87. The highest BCUT2D eigenvalue weighted by Gasteiger charge is 2.11. The topological polar surface area (TPSA) is 97.7 Å². The molecule has 8 heteroatoms. The number of amides is 1. The summed E-state index contributed by atoms with van der Waals surface area (Å²) in [4.78, 5) is 23.7. The number of benzene rings is 2. The van der Waals surface area contributed by atoms with Gasteiger partial charge in [-0.05, 0) is 64.3 Å². The van der Waals surface area contributed by atoms with Gasteiger partial charge in [-0.1, -0.05) is 18.2 Å². The van der Waals surface area contributed by atoms with Crippen LogP contribution in [0.25, 0.3) is 6.08 Å². The third-order valence-corrected chi connectivity index (χ3v) is 4.51. The van der Waals surface area contributed by atoms with Gasteiger partial charge in [0.25, 0.3) is 5.91 Å². The Labute approximate surface area is 183 Å². The van der Waals surface area contributed by atoms with Crippen LogP contribution in [0.4, 0.5) is 0 Å². The van der Waals surface area contributed by atoms with Crippen molar-refractivity contribution < 1.29 is 23.8 Å². The molecule has 1 N–H and O–H groups in total. The first kappa shape index (κ1) is 23.0. The van der Waals surface area contributed by atoms with Crippen LogP contribution in [-0.2, 0) is 20.9 Å². The Hall–Kier alpha value is -3.31. The Morgan fingerprint density at radius 3 is 2.53 bits per heavy atom. The molecule has 0 bridgehead atoms. The number of nitrogens with zero attached hydrogens (tertiary/aromatic N) is 1. The van der Waals surface area contributed by atoms with E-state index in [1.165, 1.54) is 6.08 Å². The first-order valence-electron chi connectivity index (χ1n) is 9.07. The van der Waals surface area contributed by atoms with Crippen molar-refractivity contribution in [1.29, 1.82) is 5.26 Å². The maximum absolute atomic E-state index is 12.4. The molecule has 0 spiro atoms. The number of rotatable bonds is 9. The van der Waals surface area contributed by atoms with E-state index in [1.54, 1.807) is 44.4 Å². The highest BCUT2D eigenvalue weighted by Crippen LogP contribution is 2.27. The molecule has 0 saturated carbocycles. The Morgan fingerprint density at radius 2 is 1.93 bits per heavy atom. The Bertz CT molecular complexity index is 964. The molecule has 0 fully saturated rings. The van der Waals surface area contributed by atoms with Crippen LogP contribution in [0, 0.1) is 11.3 Å². The molecule has 0 saturated heterocycles. The zero-order valence-corrected chi connectivity index (χ0v) is 18.2. The summed E-state index contributed by atoms with van der Waals surface area (Å²) < 4.78 is 15.9. The van der Waals surface area contributed by atoms with Crippen molar-refractivity contribution in [3.63, 3.8) is 0 Å². The minimum atomic E-state index is -0.480. The summed E-state index contributed by atoms with van der Waals surface area (Å²) in [5.41, 5.74) is 1.48. The second-order valence-corrected chi connectivity index (χ2v) is 6.84. The van der Waals surface area contributed by atoms with Crippen molar-refractivity contribution in [3.8, 4) is 17.6 Å². The lowest BCUT2D eigenvalue weighted by molar-refractivity contribution is -0.145. The highest BCUT2D eigenvalue weighted by atomic mass is 79.9. The van der Waals surface area contributed by atoms with Gasteiger partial charge in [0.1, 0.15) is 23.1 Å². The van der Waals surface area contributed by atoms with Crippen molar-refractivity contribution >= 4 is 33.9 Å². The molecule has 156 valence electrons. The van der Waals surface area contributed by atoms with Gasteiger partial charge in [0, 0.05) is 6.54 Å². The summed E-state index contributed by atoms with van der Waals surface area (Å²) in [5, 5.41) is 12.1. The lowest BCUT2D eigenvalue weighted by atomic mass is 10.1. The average Bonchev–Trinajstić information content (AvgIpc) is 2.75. The van der Waals surface area contributed by atoms with Crippen LogP contribution < -0.4 is 14.8 Å². The molecule has 0 radical (unpaired) electrons. The zero-order valence-electron chi connectivity index (χ0n) is 16.6. The lowest BCUT2D eigenvalue weighted by Crippen LogP contribution is -2.23. The molecular formula is C22H21BrN2O5. The van der Waals surface area contributed by atoms with Crippen molar-refractivity contribution in [2.24, 2.45) is 0 Å². The second-order valence-electron chi connectivity index (χ2n) is 5.98. The minimum absolute atomic E-state index is 0.0318. The monoisotopic (exact) mass is 472 g/mol. The van der Waals surface area contributed by atoms with Crippen LogP contribution >= 0.6 is 15.9 Å². The van der Waals surface area contributed by atoms with E-state index in [9.17, 15) is 14.9 Å². The smallest absolute Gasteiger partial charge is 0.344 e. The summed E-state index contributed by atoms with van der Waals surface area (Å²) in [6.07, 6.45) is 1.48. The van der Waals surface area contributed by atoms with Gasteiger partial charge in [-0.2, -0.15) is 5.26 Å². The molecule has 2 aromatic rings. The summed E-state index contributed by atoms with van der Waals surface area (Å²) in [6.45, 7) is 2.07. The van der Waals surface area contributed by atoms with E-state index < -0.39 is 11.9 Å². The van der Waals surface area contributed by atoms with Crippen LogP contribution in [0.15, 0.2) is 52.5 Å². The van der Waals surface area contributed by atoms with Crippen LogP contribution in [0.2, 0.25) is 0 Å². The number of esters is 1. The predicted molar refractivity (Wildman–Crippen MR) is 115 cm³/mol. The van der Waals surface area contributed by atoms with Gasteiger partial charge in [0.2, 0.25) is 0 Å². The Morgan fingerprint density at radius 1 is 1.20 bits per heavy atom. The number of hydrogen-bond acceptors (Lipinski definition) is 6. The number of carbonyl (C=O) groups excluding carboxylic acids is 2. The maximum Gasteiger partial charge on any atom is 0.344 e. The van der Waals surface area contributed by atoms with E-state index in [4.69, 9.17) is 14.2 Å². The second kappa shape index (κ2) is 11.6. The standard InChI is InChI=1S/C22H21BrN2O5/c1-3-29-21(26)14-30-20-9-6-16(11-19(20)23)10-17(12-24)22(27)25-13-15-4-7-18(28-2)8-5-15/h4-11H,3,13-14H2,1-2H3,(H,25,27)/b17-10-. The number of methoxy groups -OCH3 is 1. The molecule has 0 aliphatic rings. The van der Waals surface area contributed by atoms with E-state index in [-0.39, 0.29) is 25.3 Å². The summed E-state index contributed by atoms with van der Waals surface area (Å²) in [7, 11) is 1.58. The number of carbonyl (C=O) groups is 2.